The van der Waals surface area contributed by atoms with E-state index in [0.717, 1.165) is 53.1 Å². The largest absolute Gasteiger partial charge is 0.356 e. The van der Waals surface area contributed by atoms with E-state index >= 15 is 0 Å². The molecule has 0 aliphatic carbocycles. The molecular weight excluding hydrogens is 600 g/mol. The molecule has 0 aliphatic heterocycles. The molecule has 0 saturated heterocycles. The van der Waals surface area contributed by atoms with Crippen LogP contribution in [0.5, 0.6) is 0 Å². The van der Waals surface area contributed by atoms with E-state index in [1.165, 1.54) is 11.8 Å². The molecule has 0 fully saturated rings. The number of hydrogen-bond acceptors (Lipinski definition) is 5. The predicted molar refractivity (Wildman–Crippen MR) is 197 cm³/mol. The van der Waals surface area contributed by atoms with Gasteiger partial charge in [-0.15, -0.1) is 0 Å². The molecular formula is C39H48N6O3. The van der Waals surface area contributed by atoms with Crippen LogP contribution in [0.1, 0.15) is 83.4 Å². The molecule has 9 heteroatoms. The number of aromatic amines is 1. The Morgan fingerprint density at radius 3 is 2.29 bits per heavy atom. The summed E-state index contributed by atoms with van der Waals surface area (Å²) in [5, 5.41) is 6.70. The lowest BCUT2D eigenvalue weighted by atomic mass is 9.88. The third kappa shape index (κ3) is 9.11. The second-order valence-corrected chi connectivity index (χ2v) is 12.5. The highest BCUT2D eigenvalue weighted by molar-refractivity contribution is 6.03. The second kappa shape index (κ2) is 16.8. The molecule has 0 saturated carbocycles. The van der Waals surface area contributed by atoms with Crippen LogP contribution in [0.4, 0.5) is 16.2 Å². The van der Waals surface area contributed by atoms with Crippen LogP contribution in [0.25, 0.3) is 22.2 Å². The quantitative estimate of drug-likeness (QED) is 0.112. The van der Waals surface area contributed by atoms with Crippen LogP contribution in [-0.4, -0.2) is 59.5 Å². The van der Waals surface area contributed by atoms with E-state index in [0.29, 0.717) is 24.0 Å². The van der Waals surface area contributed by atoms with Crippen LogP contribution in [0, 0.1) is 11.8 Å². The van der Waals surface area contributed by atoms with E-state index < -0.39 is 11.6 Å². The summed E-state index contributed by atoms with van der Waals surface area (Å²) in [7, 11) is 0. The molecule has 4 rings (SSSR count). The Balaban J connectivity index is 1.73. The van der Waals surface area contributed by atoms with Crippen LogP contribution < -0.4 is 21.1 Å². The van der Waals surface area contributed by atoms with Crippen molar-refractivity contribution in [3.63, 3.8) is 0 Å². The third-order valence-corrected chi connectivity index (χ3v) is 8.37. The van der Waals surface area contributed by atoms with Crippen LogP contribution in [-0.2, 0) is 4.79 Å². The summed E-state index contributed by atoms with van der Waals surface area (Å²) < 4.78 is 0. The van der Waals surface area contributed by atoms with Gasteiger partial charge in [0.05, 0.1) is 6.54 Å². The zero-order valence-electron chi connectivity index (χ0n) is 29.2. The van der Waals surface area contributed by atoms with Crippen LogP contribution >= 0.6 is 0 Å². The summed E-state index contributed by atoms with van der Waals surface area (Å²) >= 11 is 0. The Morgan fingerprint density at radius 2 is 1.65 bits per heavy atom. The zero-order chi connectivity index (χ0) is 34.8. The maximum absolute atomic E-state index is 14.2. The monoisotopic (exact) mass is 648 g/mol. The van der Waals surface area contributed by atoms with Crippen molar-refractivity contribution < 1.29 is 9.59 Å². The lowest BCUT2D eigenvalue weighted by Gasteiger charge is -2.27. The molecule has 252 valence electrons. The molecule has 9 nitrogen and oxygen atoms in total. The SMILES string of the molecule is CCN(CC)CC#Cc1cccc(-c2cc(C(C)C)c(NC(=O)N(CCCNC(C)=O)c3cc4cccnc4[nH]c3=O)c(C(C)C)c2)c1. The van der Waals surface area contributed by atoms with E-state index in [4.69, 9.17) is 0 Å². The number of carbonyl (C=O) groups excluding carboxylic acids is 2. The summed E-state index contributed by atoms with van der Waals surface area (Å²) in [6.07, 6.45) is 2.07. The Bertz CT molecular complexity index is 1830. The number of pyridine rings is 2. The number of hydrogen-bond donors (Lipinski definition) is 3. The number of H-pyrrole nitrogens is 1. The molecule has 0 unspecified atom stereocenters. The van der Waals surface area contributed by atoms with Gasteiger partial charge in [-0.1, -0.05) is 65.5 Å². The predicted octanol–water partition coefficient (Wildman–Crippen LogP) is 7.09. The molecule has 0 aliphatic rings. The fourth-order valence-electron chi connectivity index (χ4n) is 5.62. The number of rotatable bonds is 12. The van der Waals surface area contributed by atoms with E-state index in [-0.39, 0.29) is 30.0 Å². The normalized spacial score (nSPS) is 11.1. The fourth-order valence-corrected chi connectivity index (χ4v) is 5.62. The zero-order valence-corrected chi connectivity index (χ0v) is 29.2. The summed E-state index contributed by atoms with van der Waals surface area (Å²) in [5.41, 5.74) is 6.05. The maximum atomic E-state index is 14.2. The molecule has 3 amide bonds. The summed E-state index contributed by atoms with van der Waals surface area (Å²) in [6.45, 7) is 17.4. The lowest BCUT2D eigenvalue weighted by molar-refractivity contribution is -0.118. The number of carbonyl (C=O) groups is 2. The van der Waals surface area contributed by atoms with E-state index in [1.807, 2.05) is 18.2 Å². The Morgan fingerprint density at radius 1 is 0.938 bits per heavy atom. The minimum atomic E-state index is -0.423. The first-order valence-corrected chi connectivity index (χ1v) is 16.8. The van der Waals surface area contributed by atoms with Gasteiger partial charge in [0, 0.05) is 42.8 Å². The van der Waals surface area contributed by atoms with Gasteiger partial charge >= 0.3 is 6.03 Å². The van der Waals surface area contributed by atoms with Crippen LogP contribution in [0.2, 0.25) is 0 Å². The highest BCUT2D eigenvalue weighted by atomic mass is 16.2. The molecule has 0 spiro atoms. The summed E-state index contributed by atoms with van der Waals surface area (Å²) in [4.78, 5) is 49.8. The maximum Gasteiger partial charge on any atom is 0.326 e. The van der Waals surface area contributed by atoms with Crippen molar-refractivity contribution in [2.45, 2.75) is 66.7 Å². The number of fused-ring (bicyclic) bond motifs is 1. The van der Waals surface area contributed by atoms with Crippen molar-refractivity contribution in [2.24, 2.45) is 0 Å². The third-order valence-electron chi connectivity index (χ3n) is 8.37. The van der Waals surface area contributed by atoms with Gasteiger partial charge in [0.15, 0.2) is 0 Å². The molecule has 0 bridgehead atoms. The number of aromatic nitrogens is 2. The van der Waals surface area contributed by atoms with Crippen molar-refractivity contribution in [1.29, 1.82) is 0 Å². The number of nitrogens with zero attached hydrogens (tertiary/aromatic N) is 3. The van der Waals surface area contributed by atoms with Crippen molar-refractivity contribution in [1.82, 2.24) is 20.2 Å². The fraction of sp³-hybridized carbons (Fsp3) is 0.385. The van der Waals surface area contributed by atoms with Crippen molar-refractivity contribution in [2.75, 3.05) is 42.9 Å². The average molecular weight is 649 g/mol. The average Bonchev–Trinajstić information content (AvgIpc) is 3.06. The van der Waals surface area contributed by atoms with Gasteiger partial charge in [-0.25, -0.2) is 9.78 Å². The van der Waals surface area contributed by atoms with Crippen molar-refractivity contribution in [3.8, 4) is 23.0 Å². The highest BCUT2D eigenvalue weighted by Gasteiger charge is 2.24. The van der Waals surface area contributed by atoms with Gasteiger partial charge in [0.2, 0.25) is 5.91 Å². The standard InChI is InChI=1S/C39H48N6O3/c1-8-44(9-2)20-12-15-29-14-10-16-30(22-29)32-23-33(26(3)4)36(34(24-32)27(5)6)42-39(48)45(21-13-19-40-28(7)46)35-25-31-17-11-18-41-37(31)43-38(35)47/h10-11,14,16-18,22-27H,8-9,13,19-21H2,1-7H3,(H,40,46)(H,42,48)(H,41,43,47). The minimum absolute atomic E-state index is 0.0955. The second-order valence-electron chi connectivity index (χ2n) is 12.5. The number of urea groups is 1. The number of benzene rings is 2. The van der Waals surface area contributed by atoms with E-state index in [1.54, 1.807) is 18.3 Å². The highest BCUT2D eigenvalue weighted by Crippen LogP contribution is 2.37. The smallest absolute Gasteiger partial charge is 0.326 e. The van der Waals surface area contributed by atoms with Gasteiger partial charge in [-0.2, -0.15) is 0 Å². The molecule has 3 N–H and O–H groups in total. The van der Waals surface area contributed by atoms with Crippen molar-refractivity contribution in [3.05, 3.63) is 87.8 Å². The van der Waals surface area contributed by atoms with Gasteiger partial charge in [-0.05, 0) is 96.1 Å². The Kier molecular flexibility index (Phi) is 12.5. The molecule has 0 atom stereocenters. The van der Waals surface area contributed by atoms with E-state index in [2.05, 4.69) is 103 Å². The van der Waals surface area contributed by atoms with Crippen LogP contribution in [0.15, 0.2) is 65.6 Å². The van der Waals surface area contributed by atoms with Gasteiger partial charge in [0.1, 0.15) is 11.3 Å². The first-order valence-electron chi connectivity index (χ1n) is 16.8. The first kappa shape index (κ1) is 35.9. The van der Waals surface area contributed by atoms with Gasteiger partial charge < -0.3 is 15.6 Å². The molecule has 48 heavy (non-hydrogen) atoms. The topological polar surface area (TPSA) is 110 Å². The van der Waals surface area contributed by atoms with Gasteiger partial charge in [-0.3, -0.25) is 19.4 Å². The number of anilines is 2. The lowest BCUT2D eigenvalue weighted by Crippen LogP contribution is -2.40. The van der Waals surface area contributed by atoms with Crippen LogP contribution in [0.3, 0.4) is 0 Å². The van der Waals surface area contributed by atoms with Crippen molar-refractivity contribution >= 4 is 34.3 Å². The molecule has 2 aromatic heterocycles. The summed E-state index contributed by atoms with van der Waals surface area (Å²) in [5.74, 6) is 6.68. The summed E-state index contributed by atoms with van der Waals surface area (Å²) in [6, 6.07) is 17.5. The molecule has 2 heterocycles. The molecule has 4 aromatic rings. The first-order chi connectivity index (χ1) is 23.0. The Hall–Kier alpha value is -4.94. The minimum Gasteiger partial charge on any atom is -0.356 e. The van der Waals surface area contributed by atoms with E-state index in [9.17, 15) is 14.4 Å². The molecule has 0 radical (unpaired) electrons. The Labute approximate surface area is 284 Å². The van der Waals surface area contributed by atoms with Gasteiger partial charge in [0.25, 0.3) is 5.56 Å². The molecule has 2 aromatic carbocycles. The number of amides is 3. The number of nitrogens with one attached hydrogen (secondary N) is 3.